The fraction of sp³-hybridized carbons (Fsp3) is 0.692. The van der Waals surface area contributed by atoms with Gasteiger partial charge < -0.3 is 5.32 Å². The van der Waals surface area contributed by atoms with Crippen molar-refractivity contribution in [2.45, 2.75) is 51.5 Å². The van der Waals surface area contributed by atoms with Crippen LogP contribution in [0.4, 0.5) is 5.69 Å². The Morgan fingerprint density at radius 2 is 2.14 bits per heavy atom. The van der Waals surface area contributed by atoms with Crippen molar-refractivity contribution in [1.29, 1.82) is 0 Å². The molecule has 0 radical (unpaired) electrons. The third-order valence-electron chi connectivity index (χ3n) is 3.59. The summed E-state index contributed by atoms with van der Waals surface area (Å²) in [6.45, 7) is 1.92. The molecule has 1 aromatic heterocycles. The van der Waals surface area contributed by atoms with E-state index in [1.165, 1.54) is 6.20 Å². The summed E-state index contributed by atoms with van der Waals surface area (Å²) in [5, 5.41) is 9.24. The van der Waals surface area contributed by atoms with Crippen LogP contribution in [0.5, 0.6) is 0 Å². The van der Waals surface area contributed by atoms with Crippen LogP contribution in [0.25, 0.3) is 0 Å². The molecule has 0 aromatic carbocycles. The molecule has 1 fully saturated rings. The maximum Gasteiger partial charge on any atom is 0.271 e. The molecule has 3 N–H and O–H groups in total. The molecule has 21 heavy (non-hydrogen) atoms. The average Bonchev–Trinajstić information content (AvgIpc) is 3.07. The van der Waals surface area contributed by atoms with Crippen LogP contribution >= 0.6 is 0 Å². The van der Waals surface area contributed by atoms with Gasteiger partial charge in [-0.1, -0.05) is 26.2 Å². The van der Waals surface area contributed by atoms with Crippen LogP contribution in [0.1, 0.15) is 55.9 Å². The average molecular weight is 314 g/mol. The van der Waals surface area contributed by atoms with Gasteiger partial charge in [0.15, 0.2) is 0 Å². The molecule has 0 saturated heterocycles. The Hall–Kier alpha value is -1.57. The van der Waals surface area contributed by atoms with E-state index in [9.17, 15) is 13.2 Å². The summed E-state index contributed by atoms with van der Waals surface area (Å²) in [7, 11) is -3.44. The Labute approximate surface area is 124 Å². The number of hydrogen-bond donors (Lipinski definition) is 3. The molecule has 2 rings (SSSR count). The second kappa shape index (κ2) is 6.93. The Balaban J connectivity index is 2.02. The number of rotatable bonds is 7. The summed E-state index contributed by atoms with van der Waals surface area (Å²) in [6.07, 6.45) is 6.87. The van der Waals surface area contributed by atoms with Crippen molar-refractivity contribution >= 4 is 21.6 Å². The first-order valence-corrected chi connectivity index (χ1v) is 9.02. The number of aromatic amines is 1. The molecular weight excluding hydrogens is 292 g/mol. The second-order valence-electron chi connectivity index (χ2n) is 5.39. The molecule has 0 aliphatic heterocycles. The van der Waals surface area contributed by atoms with Gasteiger partial charge in [0.2, 0.25) is 10.0 Å². The smallest absolute Gasteiger partial charge is 0.271 e. The number of nitrogens with zero attached hydrogens (tertiary/aromatic N) is 1. The van der Waals surface area contributed by atoms with Crippen molar-refractivity contribution in [3.05, 3.63) is 11.9 Å². The van der Waals surface area contributed by atoms with Gasteiger partial charge in [0, 0.05) is 6.04 Å². The molecule has 8 heteroatoms. The second-order valence-corrected chi connectivity index (χ2v) is 7.23. The summed E-state index contributed by atoms with van der Waals surface area (Å²) < 4.78 is 26.2. The van der Waals surface area contributed by atoms with E-state index in [0.717, 1.165) is 32.1 Å². The van der Waals surface area contributed by atoms with Crippen molar-refractivity contribution in [3.63, 3.8) is 0 Å². The third kappa shape index (κ3) is 4.45. The van der Waals surface area contributed by atoms with E-state index in [1.54, 1.807) is 0 Å². The molecule has 1 heterocycles. The first-order valence-electron chi connectivity index (χ1n) is 7.36. The van der Waals surface area contributed by atoms with Crippen LogP contribution in [-0.2, 0) is 10.0 Å². The Morgan fingerprint density at radius 1 is 1.43 bits per heavy atom. The van der Waals surface area contributed by atoms with Gasteiger partial charge >= 0.3 is 0 Å². The lowest BCUT2D eigenvalue weighted by atomic mass is 10.2. The molecule has 118 valence electrons. The molecule has 0 bridgehead atoms. The number of anilines is 1. The van der Waals surface area contributed by atoms with Crippen molar-refractivity contribution < 1.29 is 13.2 Å². The third-order valence-corrected chi connectivity index (χ3v) is 4.95. The van der Waals surface area contributed by atoms with Crippen LogP contribution in [-0.4, -0.2) is 36.3 Å². The van der Waals surface area contributed by atoms with Gasteiger partial charge in [0.1, 0.15) is 5.69 Å². The number of nitrogens with one attached hydrogen (secondary N) is 3. The van der Waals surface area contributed by atoms with E-state index in [-0.39, 0.29) is 29.1 Å². The number of carbonyl (C=O) groups is 1. The highest BCUT2D eigenvalue weighted by Gasteiger charge is 2.22. The number of aromatic nitrogens is 2. The van der Waals surface area contributed by atoms with E-state index in [1.807, 2.05) is 6.92 Å². The van der Waals surface area contributed by atoms with Crippen LogP contribution in [0, 0.1) is 0 Å². The van der Waals surface area contributed by atoms with E-state index < -0.39 is 10.0 Å². The normalized spacial score (nSPS) is 16.0. The predicted octanol–water partition coefficient (Wildman–Crippen LogP) is 1.62. The molecule has 1 aromatic rings. The lowest BCUT2D eigenvalue weighted by Gasteiger charge is -2.12. The van der Waals surface area contributed by atoms with Gasteiger partial charge in [0.25, 0.3) is 5.91 Å². The summed E-state index contributed by atoms with van der Waals surface area (Å²) in [5.74, 6) is -0.272. The number of unbranched alkanes of at least 4 members (excludes halogenated alkanes) is 1. The Bertz CT molecular complexity index is 576. The lowest BCUT2D eigenvalue weighted by molar-refractivity contribution is 0.0933. The van der Waals surface area contributed by atoms with Gasteiger partial charge in [-0.3, -0.25) is 14.6 Å². The minimum atomic E-state index is -3.44. The number of sulfonamides is 1. The standard InChI is InChI=1S/C13H22N4O3S/c1-2-3-8-21(19,20)17-11-9-14-16-12(11)13(18)15-10-6-4-5-7-10/h9-10,17H,2-8H2,1H3,(H,14,16)(H,15,18). The first-order chi connectivity index (χ1) is 10.0. The maximum absolute atomic E-state index is 12.2. The van der Waals surface area contributed by atoms with Gasteiger partial charge in [0.05, 0.1) is 17.6 Å². The molecule has 1 amide bonds. The minimum Gasteiger partial charge on any atom is -0.348 e. The molecule has 0 unspecified atom stereocenters. The number of carbonyl (C=O) groups excluding carboxylic acids is 1. The van der Waals surface area contributed by atoms with Crippen molar-refractivity contribution in [3.8, 4) is 0 Å². The number of H-pyrrole nitrogens is 1. The SMILES string of the molecule is CCCCS(=O)(=O)Nc1cn[nH]c1C(=O)NC1CCCC1. The van der Waals surface area contributed by atoms with Gasteiger partial charge in [-0.2, -0.15) is 5.10 Å². The van der Waals surface area contributed by atoms with E-state index >= 15 is 0 Å². The van der Waals surface area contributed by atoms with Crippen molar-refractivity contribution in [1.82, 2.24) is 15.5 Å². The molecule has 7 nitrogen and oxygen atoms in total. The molecule has 0 spiro atoms. The summed E-state index contributed by atoms with van der Waals surface area (Å²) >= 11 is 0. The molecule has 1 saturated carbocycles. The molecule has 1 aliphatic carbocycles. The van der Waals surface area contributed by atoms with Crippen LogP contribution in [0.2, 0.25) is 0 Å². The summed E-state index contributed by atoms with van der Waals surface area (Å²) in [6, 6.07) is 0.172. The van der Waals surface area contributed by atoms with Crippen molar-refractivity contribution in [2.24, 2.45) is 0 Å². The van der Waals surface area contributed by atoms with E-state index in [0.29, 0.717) is 6.42 Å². The lowest BCUT2D eigenvalue weighted by Crippen LogP contribution is -2.33. The highest BCUT2D eigenvalue weighted by Crippen LogP contribution is 2.19. The zero-order valence-corrected chi connectivity index (χ0v) is 13.0. The molecule has 1 aliphatic rings. The van der Waals surface area contributed by atoms with Crippen molar-refractivity contribution in [2.75, 3.05) is 10.5 Å². The zero-order chi connectivity index (χ0) is 15.3. The number of amides is 1. The van der Waals surface area contributed by atoms with Gasteiger partial charge in [-0.25, -0.2) is 8.42 Å². The van der Waals surface area contributed by atoms with Gasteiger partial charge in [-0.05, 0) is 19.3 Å². The fourth-order valence-corrected chi connectivity index (χ4v) is 3.68. The van der Waals surface area contributed by atoms with Crippen LogP contribution in [0.3, 0.4) is 0 Å². The van der Waals surface area contributed by atoms with E-state index in [2.05, 4.69) is 20.2 Å². The largest absolute Gasteiger partial charge is 0.348 e. The van der Waals surface area contributed by atoms with E-state index in [4.69, 9.17) is 0 Å². The summed E-state index contributed by atoms with van der Waals surface area (Å²) in [4.78, 5) is 12.2. The predicted molar refractivity (Wildman–Crippen MR) is 80.6 cm³/mol. The van der Waals surface area contributed by atoms with Crippen LogP contribution < -0.4 is 10.0 Å². The Morgan fingerprint density at radius 3 is 2.81 bits per heavy atom. The molecular formula is C13H22N4O3S. The quantitative estimate of drug-likeness (QED) is 0.711. The van der Waals surface area contributed by atoms with Crippen LogP contribution in [0.15, 0.2) is 6.20 Å². The highest BCUT2D eigenvalue weighted by molar-refractivity contribution is 7.92. The highest BCUT2D eigenvalue weighted by atomic mass is 32.2. The summed E-state index contributed by atoms with van der Waals surface area (Å²) in [5.41, 5.74) is 0.378. The fourth-order valence-electron chi connectivity index (χ4n) is 2.42. The molecule has 0 atom stereocenters. The minimum absolute atomic E-state index is 0.0400. The topological polar surface area (TPSA) is 104 Å². The van der Waals surface area contributed by atoms with Gasteiger partial charge in [-0.15, -0.1) is 0 Å². The Kier molecular flexibility index (Phi) is 5.22. The maximum atomic E-state index is 12.2. The first kappa shape index (κ1) is 15.8. The number of hydrogen-bond acceptors (Lipinski definition) is 4. The monoisotopic (exact) mass is 314 g/mol. The zero-order valence-electron chi connectivity index (χ0n) is 12.2.